The van der Waals surface area contributed by atoms with Crippen molar-refractivity contribution < 1.29 is 14.3 Å². The molecule has 0 saturated carbocycles. The quantitative estimate of drug-likeness (QED) is 0.510. The van der Waals surface area contributed by atoms with Gasteiger partial charge in [0.2, 0.25) is 0 Å². The van der Waals surface area contributed by atoms with E-state index in [1.54, 1.807) is 30.3 Å². The molecule has 0 unspecified atom stereocenters. The molecule has 0 atom stereocenters. The van der Waals surface area contributed by atoms with Crippen molar-refractivity contribution in [2.75, 3.05) is 6.61 Å². The van der Waals surface area contributed by atoms with Gasteiger partial charge >= 0.3 is 0 Å². The molecule has 23 heavy (non-hydrogen) atoms. The molecule has 0 aromatic heterocycles. The van der Waals surface area contributed by atoms with Crippen LogP contribution < -0.4 is 9.47 Å². The van der Waals surface area contributed by atoms with E-state index in [0.29, 0.717) is 38.2 Å². The fraction of sp³-hybridized carbons (Fsp3) is 0.188. The van der Waals surface area contributed by atoms with Crippen LogP contribution in [0, 0.1) is 0 Å². The molecule has 2 aromatic rings. The molecule has 0 spiro atoms. The normalized spacial score (nSPS) is 10.5. The summed E-state index contributed by atoms with van der Waals surface area (Å²) in [6.07, 6.45) is 0. The summed E-state index contributed by atoms with van der Waals surface area (Å²) in [5.74, 6) is 0.899. The van der Waals surface area contributed by atoms with Crippen LogP contribution in [0.3, 0.4) is 0 Å². The van der Waals surface area contributed by atoms with Crippen LogP contribution in [-0.2, 0) is 6.61 Å². The molecular weight excluding hydrogens is 426 g/mol. The molecular formula is C16H12BrCl3O3. The summed E-state index contributed by atoms with van der Waals surface area (Å²) in [5, 5.41) is 0.498. The smallest absolute Gasteiger partial charge is 0.252 e. The first-order valence-electron chi connectivity index (χ1n) is 6.65. The molecule has 2 aromatic carbocycles. The minimum absolute atomic E-state index is 0.225. The van der Waals surface area contributed by atoms with Crippen molar-refractivity contribution in [3.8, 4) is 11.5 Å². The van der Waals surface area contributed by atoms with E-state index in [-0.39, 0.29) is 6.61 Å². The topological polar surface area (TPSA) is 35.5 Å². The Bertz CT molecular complexity index is 735. The standard InChI is InChI=1S/C16H12BrCl3O3/c1-2-22-14-6-10(16(20)21)5-12(17)15(14)23-8-9-3-4-11(18)7-13(9)19/h3-7H,2,8H2,1H3. The molecule has 0 amide bonds. The summed E-state index contributed by atoms with van der Waals surface area (Å²) >= 11 is 20.9. The molecule has 0 radical (unpaired) electrons. The predicted molar refractivity (Wildman–Crippen MR) is 96.3 cm³/mol. The Labute approximate surface area is 157 Å². The van der Waals surface area contributed by atoms with Crippen LogP contribution in [0.4, 0.5) is 0 Å². The zero-order valence-corrected chi connectivity index (χ0v) is 15.9. The lowest BCUT2D eigenvalue weighted by Crippen LogP contribution is -2.02. The number of hydrogen-bond acceptors (Lipinski definition) is 3. The third-order valence-electron chi connectivity index (χ3n) is 2.92. The van der Waals surface area contributed by atoms with Gasteiger partial charge in [-0.1, -0.05) is 29.3 Å². The van der Waals surface area contributed by atoms with Crippen molar-refractivity contribution in [1.29, 1.82) is 0 Å². The van der Waals surface area contributed by atoms with E-state index in [1.165, 1.54) is 0 Å². The second kappa shape index (κ2) is 8.25. The first-order chi connectivity index (χ1) is 10.9. The van der Waals surface area contributed by atoms with Crippen LogP contribution in [-0.4, -0.2) is 11.8 Å². The molecule has 122 valence electrons. The lowest BCUT2D eigenvalue weighted by atomic mass is 10.2. The molecule has 2 rings (SSSR count). The van der Waals surface area contributed by atoms with E-state index >= 15 is 0 Å². The van der Waals surface area contributed by atoms with Gasteiger partial charge in [0.1, 0.15) is 6.61 Å². The summed E-state index contributed by atoms with van der Waals surface area (Å²) in [4.78, 5) is 11.3. The van der Waals surface area contributed by atoms with Crippen molar-refractivity contribution in [3.63, 3.8) is 0 Å². The second-order valence-electron chi connectivity index (χ2n) is 4.52. The number of hydrogen-bond donors (Lipinski definition) is 0. The molecule has 0 heterocycles. The molecule has 0 N–H and O–H groups in total. The van der Waals surface area contributed by atoms with Crippen LogP contribution in [0.15, 0.2) is 34.8 Å². The Hall–Kier alpha value is -0.940. The Morgan fingerprint density at radius 2 is 1.91 bits per heavy atom. The molecule has 0 aliphatic rings. The van der Waals surface area contributed by atoms with Gasteiger partial charge in [0.05, 0.1) is 11.1 Å². The molecule has 7 heteroatoms. The number of carbonyl (C=O) groups excluding carboxylic acids is 1. The van der Waals surface area contributed by atoms with Crippen molar-refractivity contribution in [2.24, 2.45) is 0 Å². The van der Waals surface area contributed by atoms with E-state index in [4.69, 9.17) is 44.3 Å². The lowest BCUT2D eigenvalue weighted by molar-refractivity contribution is 0.108. The Morgan fingerprint density at radius 3 is 2.52 bits per heavy atom. The molecule has 3 nitrogen and oxygen atoms in total. The Kier molecular flexibility index (Phi) is 6.60. The van der Waals surface area contributed by atoms with Gasteiger partial charge in [-0.2, -0.15) is 0 Å². The van der Waals surface area contributed by atoms with Crippen molar-refractivity contribution in [1.82, 2.24) is 0 Å². The van der Waals surface area contributed by atoms with E-state index in [0.717, 1.165) is 5.56 Å². The van der Waals surface area contributed by atoms with Crippen molar-refractivity contribution in [2.45, 2.75) is 13.5 Å². The SMILES string of the molecule is CCOc1cc(C(=O)Cl)cc(Br)c1OCc1ccc(Cl)cc1Cl. The molecule has 0 aliphatic heterocycles. The highest BCUT2D eigenvalue weighted by atomic mass is 79.9. The van der Waals surface area contributed by atoms with Gasteiger partial charge < -0.3 is 9.47 Å². The maximum atomic E-state index is 11.3. The molecule has 0 fully saturated rings. The summed E-state index contributed by atoms with van der Waals surface area (Å²) in [7, 11) is 0. The zero-order chi connectivity index (χ0) is 17.0. The van der Waals surface area contributed by atoms with Crippen LogP contribution in [0.25, 0.3) is 0 Å². The third-order valence-corrected chi connectivity index (χ3v) is 4.32. The van der Waals surface area contributed by atoms with Gasteiger partial charge in [0.25, 0.3) is 5.24 Å². The summed E-state index contributed by atoms with van der Waals surface area (Å²) < 4.78 is 11.9. The van der Waals surface area contributed by atoms with Gasteiger partial charge in [-0.15, -0.1) is 0 Å². The van der Waals surface area contributed by atoms with E-state index in [9.17, 15) is 4.79 Å². The van der Waals surface area contributed by atoms with Gasteiger partial charge in [-0.3, -0.25) is 4.79 Å². The largest absolute Gasteiger partial charge is 0.490 e. The van der Waals surface area contributed by atoms with Crippen LogP contribution in [0.1, 0.15) is 22.8 Å². The fourth-order valence-electron chi connectivity index (χ4n) is 1.87. The summed E-state index contributed by atoms with van der Waals surface area (Å²) in [6, 6.07) is 8.30. The minimum Gasteiger partial charge on any atom is -0.490 e. The zero-order valence-electron chi connectivity index (χ0n) is 12.0. The second-order valence-corrected chi connectivity index (χ2v) is 6.56. The monoisotopic (exact) mass is 436 g/mol. The number of carbonyl (C=O) groups is 1. The molecule has 0 saturated heterocycles. The van der Waals surface area contributed by atoms with Gasteiger partial charge in [0.15, 0.2) is 11.5 Å². The fourth-order valence-corrected chi connectivity index (χ4v) is 3.00. The molecule has 0 aliphatic carbocycles. The maximum Gasteiger partial charge on any atom is 0.252 e. The van der Waals surface area contributed by atoms with Gasteiger partial charge in [-0.25, -0.2) is 0 Å². The van der Waals surface area contributed by atoms with E-state index < -0.39 is 5.24 Å². The van der Waals surface area contributed by atoms with Crippen LogP contribution in [0.2, 0.25) is 10.0 Å². The lowest BCUT2D eigenvalue weighted by Gasteiger charge is -2.15. The number of rotatable bonds is 6. The van der Waals surface area contributed by atoms with Gasteiger partial charge in [-0.05, 0) is 58.7 Å². The highest BCUT2D eigenvalue weighted by Gasteiger charge is 2.15. The average Bonchev–Trinajstić information content (AvgIpc) is 2.48. The minimum atomic E-state index is -0.570. The van der Waals surface area contributed by atoms with Crippen molar-refractivity contribution in [3.05, 3.63) is 56.0 Å². The first kappa shape index (κ1) is 18.4. The number of halogens is 4. The highest BCUT2D eigenvalue weighted by Crippen LogP contribution is 2.38. The molecule has 0 bridgehead atoms. The van der Waals surface area contributed by atoms with Gasteiger partial charge in [0, 0.05) is 21.2 Å². The maximum absolute atomic E-state index is 11.3. The Balaban J connectivity index is 2.29. The average molecular weight is 439 g/mol. The highest BCUT2D eigenvalue weighted by molar-refractivity contribution is 9.10. The predicted octanol–water partition coefficient (Wildman–Crippen LogP) is 6.11. The Morgan fingerprint density at radius 1 is 1.17 bits per heavy atom. The number of ether oxygens (including phenoxy) is 2. The number of benzene rings is 2. The first-order valence-corrected chi connectivity index (χ1v) is 8.58. The summed E-state index contributed by atoms with van der Waals surface area (Å²) in [5.41, 5.74) is 1.10. The summed E-state index contributed by atoms with van der Waals surface area (Å²) in [6.45, 7) is 2.48. The van der Waals surface area contributed by atoms with Crippen LogP contribution in [0.5, 0.6) is 11.5 Å². The van der Waals surface area contributed by atoms with E-state index in [1.807, 2.05) is 6.92 Å². The third kappa shape index (κ3) is 4.77. The van der Waals surface area contributed by atoms with Crippen molar-refractivity contribution >= 4 is 56.0 Å². The van der Waals surface area contributed by atoms with Crippen LogP contribution >= 0.6 is 50.7 Å². The van der Waals surface area contributed by atoms with E-state index in [2.05, 4.69) is 15.9 Å².